The van der Waals surface area contributed by atoms with E-state index in [1.165, 1.54) is 27.6 Å². The quantitative estimate of drug-likeness (QED) is 0.473. The van der Waals surface area contributed by atoms with Crippen LogP contribution in [-0.2, 0) is 6.42 Å². The fourth-order valence-corrected chi connectivity index (χ4v) is 4.86. The van der Waals surface area contributed by atoms with E-state index >= 15 is 0 Å². The second-order valence-corrected chi connectivity index (χ2v) is 8.43. The standard InChI is InChI=1S/C27H28N4O/c1-4-20-8-7-9-22-24(17-29-26(20)22)21-11-14-30(15-12-21)27(32)23-16-18(2)31(19(23)3)25-10-5-6-13-28-25/h5-11,13,16-17,29H,4,12,14-15H2,1-3H3. The van der Waals surface area contributed by atoms with Gasteiger partial charge >= 0.3 is 0 Å². The summed E-state index contributed by atoms with van der Waals surface area (Å²) in [6.45, 7) is 7.55. The monoisotopic (exact) mass is 424 g/mol. The van der Waals surface area contributed by atoms with Crippen molar-refractivity contribution in [2.24, 2.45) is 0 Å². The van der Waals surface area contributed by atoms with Crippen LogP contribution in [0.4, 0.5) is 0 Å². The van der Waals surface area contributed by atoms with Crippen molar-refractivity contribution in [2.45, 2.75) is 33.6 Å². The molecule has 0 radical (unpaired) electrons. The number of benzene rings is 1. The van der Waals surface area contributed by atoms with Crippen LogP contribution in [0.3, 0.4) is 0 Å². The van der Waals surface area contributed by atoms with Crippen LogP contribution in [0.5, 0.6) is 0 Å². The van der Waals surface area contributed by atoms with Gasteiger partial charge in [-0.05, 0) is 56.0 Å². The van der Waals surface area contributed by atoms with Crippen LogP contribution in [0, 0.1) is 13.8 Å². The van der Waals surface area contributed by atoms with Crippen molar-refractivity contribution < 1.29 is 4.79 Å². The van der Waals surface area contributed by atoms with Crippen LogP contribution in [0.25, 0.3) is 22.3 Å². The number of carbonyl (C=O) groups excluding carboxylic acids is 1. The lowest BCUT2D eigenvalue weighted by atomic mass is 9.97. The van der Waals surface area contributed by atoms with Crippen molar-refractivity contribution in [3.8, 4) is 5.82 Å². The maximum atomic E-state index is 13.4. The van der Waals surface area contributed by atoms with Crippen molar-refractivity contribution in [3.05, 3.63) is 89.0 Å². The Morgan fingerprint density at radius 3 is 2.75 bits per heavy atom. The number of nitrogens with zero attached hydrogens (tertiary/aromatic N) is 3. The fourth-order valence-electron chi connectivity index (χ4n) is 4.86. The Bertz CT molecular complexity index is 1330. The first-order chi connectivity index (χ1) is 15.6. The lowest BCUT2D eigenvalue weighted by molar-refractivity contribution is 0.0772. The number of rotatable bonds is 4. The van der Waals surface area contributed by atoms with E-state index in [9.17, 15) is 4.79 Å². The number of hydrogen-bond donors (Lipinski definition) is 1. The van der Waals surface area contributed by atoms with Gasteiger partial charge in [0.25, 0.3) is 5.91 Å². The number of aromatic amines is 1. The molecule has 0 saturated heterocycles. The Morgan fingerprint density at radius 1 is 1.16 bits per heavy atom. The molecule has 5 heteroatoms. The minimum absolute atomic E-state index is 0.0859. The van der Waals surface area contributed by atoms with Crippen LogP contribution < -0.4 is 0 Å². The Morgan fingerprint density at radius 2 is 2.03 bits per heavy atom. The number of pyridine rings is 1. The molecule has 5 rings (SSSR count). The van der Waals surface area contributed by atoms with E-state index in [1.54, 1.807) is 6.20 Å². The molecular weight excluding hydrogens is 396 g/mol. The maximum Gasteiger partial charge on any atom is 0.255 e. The highest BCUT2D eigenvalue weighted by atomic mass is 16.2. The zero-order valence-corrected chi connectivity index (χ0v) is 18.9. The van der Waals surface area contributed by atoms with Crippen molar-refractivity contribution in [2.75, 3.05) is 13.1 Å². The number of nitrogens with one attached hydrogen (secondary N) is 1. The SMILES string of the molecule is CCc1cccc2c(C3=CCN(C(=O)c4cc(C)n(-c5ccccn5)c4C)CC3)c[nH]c12. The van der Waals surface area contributed by atoms with Gasteiger partial charge in [-0.1, -0.05) is 37.3 Å². The number of hydrogen-bond acceptors (Lipinski definition) is 2. The number of aromatic nitrogens is 3. The number of carbonyl (C=O) groups is 1. The predicted octanol–water partition coefficient (Wildman–Crippen LogP) is 5.46. The summed E-state index contributed by atoms with van der Waals surface area (Å²) in [4.78, 5) is 23.2. The molecule has 0 bridgehead atoms. The molecule has 0 unspecified atom stereocenters. The molecule has 4 aromatic rings. The average Bonchev–Trinajstić information content (AvgIpc) is 3.39. The first kappa shape index (κ1) is 20.3. The number of fused-ring (bicyclic) bond motifs is 1. The third kappa shape index (κ3) is 3.34. The Labute approximate surface area is 188 Å². The third-order valence-electron chi connectivity index (χ3n) is 6.56. The largest absolute Gasteiger partial charge is 0.360 e. The van der Waals surface area contributed by atoms with Crippen molar-refractivity contribution in [1.29, 1.82) is 0 Å². The van der Waals surface area contributed by atoms with Gasteiger partial charge in [0.15, 0.2) is 0 Å². The molecule has 0 aliphatic carbocycles. The van der Waals surface area contributed by atoms with E-state index in [1.807, 2.05) is 43.0 Å². The Hall–Kier alpha value is -3.60. The van der Waals surface area contributed by atoms with Gasteiger partial charge < -0.3 is 14.5 Å². The number of para-hydroxylation sites is 1. The second kappa shape index (κ2) is 8.15. The van der Waals surface area contributed by atoms with E-state index in [2.05, 4.69) is 51.9 Å². The molecule has 0 saturated carbocycles. The van der Waals surface area contributed by atoms with Gasteiger partial charge in [-0.3, -0.25) is 4.79 Å². The summed E-state index contributed by atoms with van der Waals surface area (Å²) in [6, 6.07) is 14.3. The van der Waals surface area contributed by atoms with Gasteiger partial charge in [0.05, 0.1) is 5.56 Å². The van der Waals surface area contributed by atoms with Crippen LogP contribution in [-0.4, -0.2) is 38.4 Å². The Kier molecular flexibility index (Phi) is 5.17. The molecule has 1 aliphatic heterocycles. The first-order valence-electron chi connectivity index (χ1n) is 11.3. The molecule has 1 aromatic carbocycles. The molecule has 0 fully saturated rings. The third-order valence-corrected chi connectivity index (χ3v) is 6.56. The molecular formula is C27H28N4O. The van der Waals surface area contributed by atoms with Gasteiger partial charge in [0.2, 0.25) is 0 Å². The fraction of sp³-hybridized carbons (Fsp3) is 0.259. The van der Waals surface area contributed by atoms with Gasteiger partial charge in [0.1, 0.15) is 5.82 Å². The highest BCUT2D eigenvalue weighted by molar-refractivity contribution is 5.98. The van der Waals surface area contributed by atoms with Gasteiger partial charge in [-0.15, -0.1) is 0 Å². The topological polar surface area (TPSA) is 53.9 Å². The molecule has 3 aromatic heterocycles. The molecule has 0 spiro atoms. The van der Waals surface area contributed by atoms with E-state index in [0.29, 0.717) is 6.54 Å². The van der Waals surface area contributed by atoms with Crippen LogP contribution in [0.2, 0.25) is 0 Å². The molecule has 1 aliphatic rings. The predicted molar refractivity (Wildman–Crippen MR) is 129 cm³/mol. The van der Waals surface area contributed by atoms with E-state index in [-0.39, 0.29) is 5.91 Å². The summed E-state index contributed by atoms with van der Waals surface area (Å²) >= 11 is 0. The maximum absolute atomic E-state index is 13.4. The molecule has 32 heavy (non-hydrogen) atoms. The lowest BCUT2D eigenvalue weighted by Crippen LogP contribution is -2.34. The highest BCUT2D eigenvalue weighted by Crippen LogP contribution is 2.31. The van der Waals surface area contributed by atoms with Crippen LogP contribution in [0.15, 0.2) is 60.9 Å². The Balaban J connectivity index is 1.40. The summed E-state index contributed by atoms with van der Waals surface area (Å²) in [5, 5.41) is 1.27. The smallest absolute Gasteiger partial charge is 0.255 e. The van der Waals surface area contributed by atoms with Crippen molar-refractivity contribution in [3.63, 3.8) is 0 Å². The molecule has 0 atom stereocenters. The van der Waals surface area contributed by atoms with E-state index in [4.69, 9.17) is 0 Å². The van der Waals surface area contributed by atoms with E-state index < -0.39 is 0 Å². The highest BCUT2D eigenvalue weighted by Gasteiger charge is 2.24. The minimum Gasteiger partial charge on any atom is -0.360 e. The van der Waals surface area contributed by atoms with E-state index in [0.717, 1.165) is 42.2 Å². The molecule has 162 valence electrons. The van der Waals surface area contributed by atoms with Crippen LogP contribution >= 0.6 is 0 Å². The summed E-state index contributed by atoms with van der Waals surface area (Å²) in [5.41, 5.74) is 7.84. The van der Waals surface area contributed by atoms with Gasteiger partial charge in [0, 0.05) is 53.3 Å². The lowest BCUT2D eigenvalue weighted by Gasteiger charge is -2.26. The second-order valence-electron chi connectivity index (χ2n) is 8.43. The minimum atomic E-state index is 0.0859. The summed E-state index contributed by atoms with van der Waals surface area (Å²) in [6.07, 6.45) is 7.97. The molecule has 1 amide bonds. The number of aryl methyl sites for hydroxylation is 2. The zero-order chi connectivity index (χ0) is 22.2. The first-order valence-corrected chi connectivity index (χ1v) is 11.3. The number of H-pyrrole nitrogens is 1. The zero-order valence-electron chi connectivity index (χ0n) is 18.9. The van der Waals surface area contributed by atoms with Crippen molar-refractivity contribution in [1.82, 2.24) is 19.4 Å². The number of amides is 1. The average molecular weight is 425 g/mol. The summed E-state index contributed by atoms with van der Waals surface area (Å²) < 4.78 is 2.05. The molecule has 5 nitrogen and oxygen atoms in total. The normalized spacial score (nSPS) is 14.1. The van der Waals surface area contributed by atoms with Gasteiger partial charge in [-0.2, -0.15) is 0 Å². The molecule has 4 heterocycles. The summed E-state index contributed by atoms with van der Waals surface area (Å²) in [5.74, 6) is 0.927. The van der Waals surface area contributed by atoms with Gasteiger partial charge in [-0.25, -0.2) is 4.98 Å². The van der Waals surface area contributed by atoms with Crippen molar-refractivity contribution >= 4 is 22.4 Å². The summed E-state index contributed by atoms with van der Waals surface area (Å²) in [7, 11) is 0. The van der Waals surface area contributed by atoms with Crippen LogP contribution in [0.1, 0.15) is 46.2 Å². The molecule has 1 N–H and O–H groups in total.